The van der Waals surface area contributed by atoms with Crippen LogP contribution in [0.3, 0.4) is 0 Å². The van der Waals surface area contributed by atoms with Gasteiger partial charge in [0, 0.05) is 29.6 Å². The van der Waals surface area contributed by atoms with Crippen molar-refractivity contribution in [3.8, 4) is 16.9 Å². The van der Waals surface area contributed by atoms with Gasteiger partial charge in [-0.05, 0) is 25.2 Å². The third kappa shape index (κ3) is 3.47. The summed E-state index contributed by atoms with van der Waals surface area (Å²) < 4.78 is 1.78. The van der Waals surface area contributed by atoms with Gasteiger partial charge in [0.1, 0.15) is 11.3 Å². The van der Waals surface area contributed by atoms with Crippen molar-refractivity contribution in [1.82, 2.24) is 19.7 Å². The molecule has 6 nitrogen and oxygen atoms in total. The highest BCUT2D eigenvalue weighted by atomic mass is 16.3. The molecule has 0 fully saturated rings. The van der Waals surface area contributed by atoms with Crippen molar-refractivity contribution >= 4 is 11.0 Å². The average Bonchev–Trinajstić information content (AvgIpc) is 3.08. The Bertz CT molecular complexity index is 1130. The number of aliphatic hydroxyl groups is 1. The smallest absolute Gasteiger partial charge is 0.254 e. The van der Waals surface area contributed by atoms with Crippen LogP contribution in [-0.4, -0.2) is 45.0 Å². The lowest BCUT2D eigenvalue weighted by molar-refractivity contribution is 0.217. The third-order valence-electron chi connectivity index (χ3n) is 4.73. The molecule has 2 aromatic carbocycles. The van der Waals surface area contributed by atoms with E-state index in [1.165, 1.54) is 0 Å². The lowest BCUT2D eigenvalue weighted by atomic mass is 10.1. The monoisotopic (exact) mass is 374 g/mol. The molecule has 4 rings (SSSR count). The minimum absolute atomic E-state index is 0.0534. The van der Waals surface area contributed by atoms with E-state index in [9.17, 15) is 4.79 Å². The van der Waals surface area contributed by atoms with Gasteiger partial charge in [-0.2, -0.15) is 5.10 Å². The molecule has 0 aliphatic heterocycles. The number of nitrogens with one attached hydrogen (secondary N) is 1. The fraction of sp³-hybridized carbons (Fsp3) is 0.182. The molecule has 0 saturated heterocycles. The van der Waals surface area contributed by atoms with Crippen molar-refractivity contribution in [3.63, 3.8) is 0 Å². The van der Waals surface area contributed by atoms with E-state index in [-0.39, 0.29) is 12.2 Å². The summed E-state index contributed by atoms with van der Waals surface area (Å²) in [4.78, 5) is 17.7. The number of hydrogen-bond donors (Lipinski definition) is 2. The summed E-state index contributed by atoms with van der Waals surface area (Å²) in [6.07, 6.45) is 0. The van der Waals surface area contributed by atoms with Gasteiger partial charge < -0.3 is 10.1 Å². The van der Waals surface area contributed by atoms with Crippen LogP contribution in [0.4, 0.5) is 0 Å². The Morgan fingerprint density at radius 3 is 2.43 bits per heavy atom. The second-order valence-corrected chi connectivity index (χ2v) is 6.81. The number of rotatable bonds is 6. The van der Waals surface area contributed by atoms with Crippen LogP contribution in [0.5, 0.6) is 0 Å². The van der Waals surface area contributed by atoms with Crippen LogP contribution in [0.1, 0.15) is 5.56 Å². The van der Waals surface area contributed by atoms with E-state index in [1.807, 2.05) is 78.7 Å². The number of hydrogen-bond acceptors (Lipinski definition) is 4. The van der Waals surface area contributed by atoms with Gasteiger partial charge in [0.2, 0.25) is 0 Å². The van der Waals surface area contributed by atoms with Gasteiger partial charge in [-0.3, -0.25) is 9.69 Å². The van der Waals surface area contributed by atoms with Crippen molar-refractivity contribution in [3.05, 3.63) is 82.6 Å². The van der Waals surface area contributed by atoms with Gasteiger partial charge in [-0.15, -0.1) is 0 Å². The number of aromatic nitrogens is 3. The molecular formula is C22H22N4O2. The van der Waals surface area contributed by atoms with Crippen molar-refractivity contribution in [2.24, 2.45) is 0 Å². The Morgan fingerprint density at radius 2 is 1.75 bits per heavy atom. The first kappa shape index (κ1) is 18.2. The minimum atomic E-state index is -0.144. The second kappa shape index (κ2) is 7.80. The van der Waals surface area contributed by atoms with Gasteiger partial charge in [0.25, 0.3) is 5.56 Å². The fourth-order valence-electron chi connectivity index (χ4n) is 3.34. The zero-order chi connectivity index (χ0) is 19.5. The van der Waals surface area contributed by atoms with Crippen LogP contribution in [-0.2, 0) is 6.54 Å². The van der Waals surface area contributed by atoms with Gasteiger partial charge in [0.05, 0.1) is 12.3 Å². The van der Waals surface area contributed by atoms with E-state index in [0.717, 1.165) is 22.3 Å². The number of nitrogens with zero attached hydrogens (tertiary/aromatic N) is 3. The van der Waals surface area contributed by atoms with Crippen LogP contribution in [0, 0.1) is 0 Å². The standard InChI is InChI=1S/C22H22N4O2/c1-25(12-13-27)15-17-14-19-20(16-8-4-2-5-9-16)24-26(21(19)23-22(17)28)18-10-6-3-7-11-18/h2-11,14,27H,12-13,15H2,1H3,(H,23,28). The maximum Gasteiger partial charge on any atom is 0.254 e. The van der Waals surface area contributed by atoms with Crippen LogP contribution >= 0.6 is 0 Å². The molecule has 0 aliphatic rings. The molecule has 142 valence electrons. The average molecular weight is 374 g/mol. The molecule has 0 unspecified atom stereocenters. The molecule has 2 N–H and O–H groups in total. The Hall–Kier alpha value is -3.22. The first-order valence-corrected chi connectivity index (χ1v) is 9.22. The molecule has 2 heterocycles. The Kier molecular flexibility index (Phi) is 5.06. The number of benzene rings is 2. The Labute approximate surface area is 162 Å². The molecule has 0 bridgehead atoms. The number of pyridine rings is 1. The van der Waals surface area contributed by atoms with Crippen molar-refractivity contribution in [2.75, 3.05) is 20.2 Å². The van der Waals surface area contributed by atoms with Gasteiger partial charge >= 0.3 is 0 Å². The van der Waals surface area contributed by atoms with Crippen LogP contribution in [0.25, 0.3) is 28.0 Å². The summed E-state index contributed by atoms with van der Waals surface area (Å²) in [6.45, 7) is 1.01. The van der Waals surface area contributed by atoms with E-state index in [1.54, 1.807) is 4.68 Å². The maximum absolute atomic E-state index is 12.7. The van der Waals surface area contributed by atoms with Crippen molar-refractivity contribution in [1.29, 1.82) is 0 Å². The van der Waals surface area contributed by atoms with E-state index < -0.39 is 0 Å². The maximum atomic E-state index is 12.7. The largest absolute Gasteiger partial charge is 0.395 e. The molecule has 4 aromatic rings. The first-order valence-electron chi connectivity index (χ1n) is 9.22. The normalized spacial score (nSPS) is 11.4. The topological polar surface area (TPSA) is 74.2 Å². The summed E-state index contributed by atoms with van der Waals surface area (Å²) in [5.41, 5.74) is 3.87. The highest BCUT2D eigenvalue weighted by Crippen LogP contribution is 2.28. The molecule has 0 spiro atoms. The van der Waals surface area contributed by atoms with E-state index in [2.05, 4.69) is 4.98 Å². The van der Waals surface area contributed by atoms with E-state index in [4.69, 9.17) is 10.2 Å². The van der Waals surface area contributed by atoms with Gasteiger partial charge in [-0.25, -0.2) is 4.68 Å². The molecule has 0 atom stereocenters. The SMILES string of the molecule is CN(CCO)Cc1cc2c(-c3ccccc3)nn(-c3ccccc3)c2[nH]c1=O. The molecule has 0 aliphatic carbocycles. The number of aliphatic hydroxyl groups excluding tert-OH is 1. The number of fused-ring (bicyclic) bond motifs is 1. The summed E-state index contributed by atoms with van der Waals surface area (Å²) in [7, 11) is 1.88. The number of H-pyrrole nitrogens is 1. The van der Waals surface area contributed by atoms with Crippen molar-refractivity contribution < 1.29 is 5.11 Å². The molecular weight excluding hydrogens is 352 g/mol. The molecule has 28 heavy (non-hydrogen) atoms. The second-order valence-electron chi connectivity index (χ2n) is 6.81. The fourth-order valence-corrected chi connectivity index (χ4v) is 3.34. The first-order chi connectivity index (χ1) is 13.7. The molecule has 0 radical (unpaired) electrons. The summed E-state index contributed by atoms with van der Waals surface area (Å²) in [5.74, 6) is 0. The quantitative estimate of drug-likeness (QED) is 0.544. The number of para-hydroxylation sites is 1. The third-order valence-corrected chi connectivity index (χ3v) is 4.73. The molecule has 0 saturated carbocycles. The highest BCUT2D eigenvalue weighted by Gasteiger charge is 2.17. The van der Waals surface area contributed by atoms with Crippen LogP contribution in [0.15, 0.2) is 71.5 Å². The summed E-state index contributed by atoms with van der Waals surface area (Å²) >= 11 is 0. The minimum Gasteiger partial charge on any atom is -0.395 e. The van der Waals surface area contributed by atoms with Crippen LogP contribution in [0.2, 0.25) is 0 Å². The number of likely N-dealkylation sites (N-methyl/N-ethyl adjacent to an activating group) is 1. The van der Waals surface area contributed by atoms with Gasteiger partial charge in [0.15, 0.2) is 0 Å². The van der Waals surface area contributed by atoms with E-state index >= 15 is 0 Å². The molecule has 0 amide bonds. The Balaban J connectivity index is 1.93. The van der Waals surface area contributed by atoms with Gasteiger partial charge in [-0.1, -0.05) is 48.5 Å². The van der Waals surface area contributed by atoms with Crippen LogP contribution < -0.4 is 5.56 Å². The zero-order valence-corrected chi connectivity index (χ0v) is 15.7. The summed E-state index contributed by atoms with van der Waals surface area (Å²) in [5, 5.41) is 14.8. The lowest BCUT2D eigenvalue weighted by Crippen LogP contribution is -2.26. The molecule has 6 heteroatoms. The number of aromatic amines is 1. The summed E-state index contributed by atoms with van der Waals surface area (Å²) in [6, 6.07) is 21.6. The zero-order valence-electron chi connectivity index (χ0n) is 15.7. The van der Waals surface area contributed by atoms with Crippen molar-refractivity contribution in [2.45, 2.75) is 6.54 Å². The van der Waals surface area contributed by atoms with E-state index in [0.29, 0.717) is 24.3 Å². The molecule has 2 aromatic heterocycles. The lowest BCUT2D eigenvalue weighted by Gasteiger charge is -2.14. The predicted octanol–water partition coefficient (Wildman–Crippen LogP) is 2.80. The highest BCUT2D eigenvalue weighted by molar-refractivity contribution is 5.92. The Morgan fingerprint density at radius 1 is 1.07 bits per heavy atom. The predicted molar refractivity (Wildman–Crippen MR) is 111 cm³/mol.